The van der Waals surface area contributed by atoms with E-state index in [2.05, 4.69) is 5.32 Å². The van der Waals surface area contributed by atoms with E-state index in [0.29, 0.717) is 6.04 Å². The summed E-state index contributed by atoms with van der Waals surface area (Å²) in [5.41, 5.74) is 0. The maximum atomic E-state index is 5.42. The zero-order valence-corrected chi connectivity index (χ0v) is 3.78. The zero-order chi connectivity index (χ0) is 4.41. The first-order chi connectivity index (χ1) is 2.89. The molecular formula is C5H9N. The standard InChI is InChI=1S/C5H9N/c1-5-3-2-4-6-5/h1,5-6H,2-4H2/t5-/m1/s1. The Kier molecular flexibility index (Phi) is 1.10. The molecule has 0 aromatic heterocycles. The van der Waals surface area contributed by atoms with Crippen LogP contribution in [0.3, 0.4) is 0 Å². The van der Waals surface area contributed by atoms with Gasteiger partial charge in [0.25, 0.3) is 0 Å². The molecule has 1 aliphatic rings. The van der Waals surface area contributed by atoms with Crippen molar-refractivity contribution in [2.24, 2.45) is 0 Å². The summed E-state index contributed by atoms with van der Waals surface area (Å²) < 4.78 is 0. The van der Waals surface area contributed by atoms with Gasteiger partial charge in [-0.2, -0.15) is 0 Å². The van der Waals surface area contributed by atoms with Crippen LogP contribution in [0.1, 0.15) is 12.8 Å². The van der Waals surface area contributed by atoms with Crippen molar-refractivity contribution < 1.29 is 0 Å². The van der Waals surface area contributed by atoms with Crippen molar-refractivity contribution in [1.82, 2.24) is 5.32 Å². The van der Waals surface area contributed by atoms with E-state index in [0.717, 1.165) is 13.0 Å². The van der Waals surface area contributed by atoms with E-state index in [1.165, 1.54) is 6.42 Å². The fraction of sp³-hybridized carbons (Fsp3) is 0.800. The summed E-state index contributed by atoms with van der Waals surface area (Å²) >= 11 is 0. The molecule has 0 bridgehead atoms. The lowest BCUT2D eigenvalue weighted by atomic mass is 10.3. The molecule has 0 spiro atoms. The third-order valence-corrected chi connectivity index (χ3v) is 1.10. The molecular weight excluding hydrogens is 74.1 g/mol. The Hall–Kier alpha value is -0.0400. The molecule has 1 atom stereocenters. The number of nitrogens with one attached hydrogen (secondary N) is 1. The highest BCUT2D eigenvalue weighted by Gasteiger charge is 2.05. The lowest BCUT2D eigenvalue weighted by Gasteiger charge is -1.94. The summed E-state index contributed by atoms with van der Waals surface area (Å²) in [6, 6.07) is 0.296. The second kappa shape index (κ2) is 1.61. The van der Waals surface area contributed by atoms with Crippen molar-refractivity contribution in [3.05, 3.63) is 6.92 Å². The van der Waals surface area contributed by atoms with Crippen LogP contribution < -0.4 is 5.32 Å². The second-order valence-corrected chi connectivity index (χ2v) is 1.70. The van der Waals surface area contributed by atoms with Crippen molar-refractivity contribution in [1.29, 1.82) is 0 Å². The predicted octanol–water partition coefficient (Wildman–Crippen LogP) is 0.449. The molecule has 0 aliphatic carbocycles. The molecule has 0 amide bonds. The first kappa shape index (κ1) is 4.13. The predicted molar refractivity (Wildman–Crippen MR) is 25.3 cm³/mol. The van der Waals surface area contributed by atoms with E-state index in [9.17, 15) is 0 Å². The Bertz CT molecular complexity index is 37.2. The van der Waals surface area contributed by atoms with Gasteiger partial charge in [-0.15, -0.1) is 0 Å². The van der Waals surface area contributed by atoms with E-state index in [1.54, 1.807) is 0 Å². The Morgan fingerprint density at radius 2 is 2.50 bits per heavy atom. The molecule has 0 aromatic rings. The molecule has 1 fully saturated rings. The molecule has 1 heteroatoms. The summed E-state index contributed by atoms with van der Waals surface area (Å²) in [6.45, 7) is 6.54. The average molecular weight is 83.1 g/mol. The van der Waals surface area contributed by atoms with Gasteiger partial charge >= 0.3 is 0 Å². The highest BCUT2D eigenvalue weighted by atomic mass is 14.9. The van der Waals surface area contributed by atoms with E-state index in [-0.39, 0.29) is 0 Å². The Morgan fingerprint density at radius 3 is 2.67 bits per heavy atom. The SMILES string of the molecule is [CH][C@@H]1CCCN1. The van der Waals surface area contributed by atoms with Crippen LogP contribution >= 0.6 is 0 Å². The van der Waals surface area contributed by atoms with E-state index in [1.807, 2.05) is 0 Å². The molecule has 2 radical (unpaired) electrons. The van der Waals surface area contributed by atoms with Crippen LogP contribution in [0.4, 0.5) is 0 Å². The minimum absolute atomic E-state index is 0.296. The van der Waals surface area contributed by atoms with Crippen LogP contribution in [0.2, 0.25) is 0 Å². The van der Waals surface area contributed by atoms with Gasteiger partial charge in [-0.3, -0.25) is 0 Å². The summed E-state index contributed by atoms with van der Waals surface area (Å²) in [7, 11) is 0. The molecule has 0 aromatic carbocycles. The molecule has 0 saturated carbocycles. The lowest BCUT2D eigenvalue weighted by molar-refractivity contribution is 0.724. The number of rotatable bonds is 0. The highest BCUT2D eigenvalue weighted by Crippen LogP contribution is 2.00. The smallest absolute Gasteiger partial charge is 0.0102 e. The zero-order valence-electron chi connectivity index (χ0n) is 3.78. The fourth-order valence-electron chi connectivity index (χ4n) is 0.711. The minimum atomic E-state index is 0.296. The van der Waals surface area contributed by atoms with Crippen molar-refractivity contribution in [2.75, 3.05) is 6.54 Å². The maximum absolute atomic E-state index is 5.42. The molecule has 1 saturated heterocycles. The Morgan fingerprint density at radius 1 is 1.67 bits per heavy atom. The summed E-state index contributed by atoms with van der Waals surface area (Å²) in [6.07, 6.45) is 2.40. The third kappa shape index (κ3) is 0.716. The molecule has 1 N–H and O–H groups in total. The summed E-state index contributed by atoms with van der Waals surface area (Å²) in [4.78, 5) is 0. The average Bonchev–Trinajstić information content (AvgIpc) is 1.86. The first-order valence-corrected chi connectivity index (χ1v) is 2.38. The summed E-state index contributed by atoms with van der Waals surface area (Å²) in [5, 5.41) is 3.10. The van der Waals surface area contributed by atoms with Crippen LogP contribution in [0.15, 0.2) is 0 Å². The maximum Gasteiger partial charge on any atom is 0.0102 e. The molecule has 1 aliphatic heterocycles. The highest BCUT2D eigenvalue weighted by molar-refractivity contribution is 4.74. The van der Waals surface area contributed by atoms with Crippen LogP contribution in [0.5, 0.6) is 0 Å². The lowest BCUT2D eigenvalue weighted by Crippen LogP contribution is -2.16. The van der Waals surface area contributed by atoms with Gasteiger partial charge in [0.2, 0.25) is 0 Å². The molecule has 34 valence electrons. The third-order valence-electron chi connectivity index (χ3n) is 1.10. The van der Waals surface area contributed by atoms with E-state index >= 15 is 0 Å². The van der Waals surface area contributed by atoms with Crippen LogP contribution in [0.25, 0.3) is 0 Å². The molecule has 6 heavy (non-hydrogen) atoms. The topological polar surface area (TPSA) is 12.0 Å². The molecule has 1 rings (SSSR count). The van der Waals surface area contributed by atoms with E-state index in [4.69, 9.17) is 6.92 Å². The second-order valence-electron chi connectivity index (χ2n) is 1.70. The van der Waals surface area contributed by atoms with Crippen molar-refractivity contribution >= 4 is 0 Å². The fourth-order valence-corrected chi connectivity index (χ4v) is 0.711. The Labute approximate surface area is 38.7 Å². The van der Waals surface area contributed by atoms with Gasteiger partial charge in [-0.05, 0) is 26.3 Å². The Balaban J connectivity index is 2.18. The van der Waals surface area contributed by atoms with Crippen LogP contribution in [-0.2, 0) is 0 Å². The van der Waals surface area contributed by atoms with Gasteiger partial charge in [-0.25, -0.2) is 0 Å². The van der Waals surface area contributed by atoms with Gasteiger partial charge in [0.1, 0.15) is 0 Å². The molecule has 0 unspecified atom stereocenters. The van der Waals surface area contributed by atoms with Gasteiger partial charge in [0.05, 0.1) is 0 Å². The van der Waals surface area contributed by atoms with Crippen molar-refractivity contribution in [3.8, 4) is 0 Å². The summed E-state index contributed by atoms with van der Waals surface area (Å²) in [5.74, 6) is 0. The van der Waals surface area contributed by atoms with Gasteiger partial charge in [-0.1, -0.05) is 0 Å². The van der Waals surface area contributed by atoms with Crippen LogP contribution in [-0.4, -0.2) is 12.6 Å². The monoisotopic (exact) mass is 83.1 g/mol. The van der Waals surface area contributed by atoms with Crippen molar-refractivity contribution in [3.63, 3.8) is 0 Å². The number of hydrogen-bond acceptors (Lipinski definition) is 1. The molecule has 1 nitrogen and oxygen atoms in total. The first-order valence-electron chi connectivity index (χ1n) is 2.38. The van der Waals surface area contributed by atoms with E-state index < -0.39 is 0 Å². The van der Waals surface area contributed by atoms with Gasteiger partial charge in [0, 0.05) is 6.04 Å². The van der Waals surface area contributed by atoms with Gasteiger partial charge in [0.15, 0.2) is 0 Å². The quantitative estimate of drug-likeness (QED) is 0.448. The minimum Gasteiger partial charge on any atom is -0.314 e. The van der Waals surface area contributed by atoms with Gasteiger partial charge < -0.3 is 5.32 Å². The van der Waals surface area contributed by atoms with Crippen molar-refractivity contribution in [2.45, 2.75) is 18.9 Å². The van der Waals surface area contributed by atoms with Crippen LogP contribution in [0, 0.1) is 6.92 Å². The number of hydrogen-bond donors (Lipinski definition) is 1. The normalized spacial score (nSPS) is 34.5. The molecule has 1 heterocycles. The largest absolute Gasteiger partial charge is 0.314 e.